The second kappa shape index (κ2) is 10.2. The molecule has 0 spiro atoms. The van der Waals surface area contributed by atoms with Crippen LogP contribution in [0.2, 0.25) is 15.1 Å². The van der Waals surface area contributed by atoms with Crippen molar-refractivity contribution in [3.63, 3.8) is 0 Å². The lowest BCUT2D eigenvalue weighted by Crippen LogP contribution is -2.41. The van der Waals surface area contributed by atoms with E-state index >= 15 is 0 Å². The van der Waals surface area contributed by atoms with Gasteiger partial charge < -0.3 is 5.32 Å². The summed E-state index contributed by atoms with van der Waals surface area (Å²) in [6.45, 7) is 1.44. The molecule has 0 aliphatic carbocycles. The van der Waals surface area contributed by atoms with Gasteiger partial charge in [-0.3, -0.25) is 0 Å². The standard InChI is InChI=1S/C24H23BCl3N5O2S/c25-18-13-30-33-23(11-22(31-24(18)33)17-5-1-2-6-19(17)26)29-12-15-4-3-9-32(14-15)36(34,35)16-7-8-20(27)21(28)10-16/h1-2,5-8,10-11,13,15,29H,3-4,9,12,14,25H2. The minimum atomic E-state index is -3.68. The van der Waals surface area contributed by atoms with Gasteiger partial charge in [0.05, 0.1) is 20.6 Å². The second-order valence-corrected chi connectivity index (χ2v) is 12.1. The highest BCUT2D eigenvalue weighted by molar-refractivity contribution is 7.89. The molecule has 0 amide bonds. The van der Waals surface area contributed by atoms with Crippen molar-refractivity contribution in [1.29, 1.82) is 0 Å². The number of nitrogens with zero attached hydrogens (tertiary/aromatic N) is 4. The molecule has 1 fully saturated rings. The van der Waals surface area contributed by atoms with E-state index in [9.17, 15) is 8.42 Å². The highest BCUT2D eigenvalue weighted by atomic mass is 35.5. The van der Waals surface area contributed by atoms with Crippen LogP contribution in [0, 0.1) is 5.92 Å². The van der Waals surface area contributed by atoms with Crippen molar-refractivity contribution in [2.75, 3.05) is 25.0 Å². The van der Waals surface area contributed by atoms with Crippen LogP contribution >= 0.6 is 34.8 Å². The minimum Gasteiger partial charge on any atom is -0.370 e. The number of anilines is 1. The molecular weight excluding hydrogens is 540 g/mol. The van der Waals surface area contributed by atoms with Crippen LogP contribution in [0.3, 0.4) is 0 Å². The number of hydrogen-bond donors (Lipinski definition) is 1. The van der Waals surface area contributed by atoms with E-state index in [0.29, 0.717) is 29.7 Å². The van der Waals surface area contributed by atoms with Crippen LogP contribution < -0.4 is 10.8 Å². The number of piperidine rings is 1. The molecular formula is C24H23BCl3N5O2S. The Kier molecular flexibility index (Phi) is 7.20. The number of fused-ring (bicyclic) bond motifs is 1. The maximum absolute atomic E-state index is 13.3. The Balaban J connectivity index is 1.37. The molecule has 3 heterocycles. The molecule has 1 saturated heterocycles. The van der Waals surface area contributed by atoms with Crippen LogP contribution in [-0.4, -0.2) is 54.8 Å². The van der Waals surface area contributed by atoms with Gasteiger partial charge in [0.1, 0.15) is 13.7 Å². The number of halogens is 3. The lowest BCUT2D eigenvalue weighted by Gasteiger charge is -2.32. The van der Waals surface area contributed by atoms with Crippen LogP contribution in [0.5, 0.6) is 0 Å². The van der Waals surface area contributed by atoms with Crippen LogP contribution in [0.4, 0.5) is 5.82 Å². The Morgan fingerprint density at radius 1 is 1.06 bits per heavy atom. The summed E-state index contributed by atoms with van der Waals surface area (Å²) in [6.07, 6.45) is 3.45. The van der Waals surface area contributed by atoms with Gasteiger partial charge in [0.25, 0.3) is 0 Å². The van der Waals surface area contributed by atoms with E-state index < -0.39 is 10.0 Å². The lowest BCUT2D eigenvalue weighted by molar-refractivity contribution is 0.275. The third-order valence-corrected chi connectivity index (χ3v) is 9.31. The van der Waals surface area contributed by atoms with Crippen molar-refractivity contribution in [2.24, 2.45) is 5.92 Å². The van der Waals surface area contributed by atoms with Gasteiger partial charge in [0, 0.05) is 42.5 Å². The van der Waals surface area contributed by atoms with Gasteiger partial charge in [0.15, 0.2) is 5.65 Å². The molecule has 4 aromatic rings. The number of sulfonamides is 1. The summed E-state index contributed by atoms with van der Waals surface area (Å²) in [7, 11) is -1.72. The molecule has 1 aliphatic heterocycles. The average Bonchev–Trinajstić information content (AvgIpc) is 3.25. The zero-order valence-corrected chi connectivity index (χ0v) is 22.5. The van der Waals surface area contributed by atoms with E-state index in [-0.39, 0.29) is 15.8 Å². The quantitative estimate of drug-likeness (QED) is 0.358. The van der Waals surface area contributed by atoms with Crippen molar-refractivity contribution < 1.29 is 8.42 Å². The average molecular weight is 563 g/mol. The number of nitrogens with one attached hydrogen (secondary N) is 1. The Bertz CT molecular complexity index is 1550. The molecule has 1 unspecified atom stereocenters. The van der Waals surface area contributed by atoms with Gasteiger partial charge in [-0.15, -0.1) is 0 Å². The smallest absolute Gasteiger partial charge is 0.243 e. The van der Waals surface area contributed by atoms with E-state index in [2.05, 4.69) is 10.4 Å². The SMILES string of the molecule is Bc1cnn2c(NCC3CCCN(S(=O)(=O)c4ccc(Cl)c(Cl)c4)C3)cc(-c3ccccc3Cl)nc12. The van der Waals surface area contributed by atoms with Gasteiger partial charge in [-0.2, -0.15) is 13.9 Å². The molecule has 186 valence electrons. The van der Waals surface area contributed by atoms with Gasteiger partial charge in [-0.1, -0.05) is 53.0 Å². The van der Waals surface area contributed by atoms with Crippen LogP contribution in [0.1, 0.15) is 12.8 Å². The van der Waals surface area contributed by atoms with Crippen molar-refractivity contribution in [3.05, 3.63) is 69.8 Å². The monoisotopic (exact) mass is 561 g/mol. The van der Waals surface area contributed by atoms with Crippen molar-refractivity contribution in [1.82, 2.24) is 18.9 Å². The fourth-order valence-electron chi connectivity index (χ4n) is 4.45. The summed E-state index contributed by atoms with van der Waals surface area (Å²) in [4.78, 5) is 4.93. The van der Waals surface area contributed by atoms with E-state index in [4.69, 9.17) is 39.8 Å². The summed E-state index contributed by atoms with van der Waals surface area (Å²) >= 11 is 18.5. The topological polar surface area (TPSA) is 79.6 Å². The van der Waals surface area contributed by atoms with Crippen molar-refractivity contribution in [3.8, 4) is 11.3 Å². The third kappa shape index (κ3) is 4.95. The van der Waals surface area contributed by atoms with E-state index in [1.165, 1.54) is 22.5 Å². The van der Waals surface area contributed by atoms with Gasteiger partial charge in [-0.05, 0) is 48.5 Å². The first-order chi connectivity index (χ1) is 17.2. The first-order valence-electron chi connectivity index (χ1n) is 11.5. The van der Waals surface area contributed by atoms with Crippen LogP contribution in [0.25, 0.3) is 16.9 Å². The molecule has 0 radical (unpaired) electrons. The maximum atomic E-state index is 13.3. The Morgan fingerprint density at radius 3 is 2.64 bits per heavy atom. The summed E-state index contributed by atoms with van der Waals surface area (Å²) in [5.41, 5.74) is 3.26. The first-order valence-corrected chi connectivity index (χ1v) is 14.1. The van der Waals surface area contributed by atoms with Gasteiger partial charge >= 0.3 is 0 Å². The number of rotatable bonds is 6. The Hall–Kier alpha value is -2.30. The van der Waals surface area contributed by atoms with Crippen molar-refractivity contribution in [2.45, 2.75) is 17.7 Å². The van der Waals surface area contributed by atoms with E-state index in [1.807, 2.05) is 38.2 Å². The molecule has 12 heteroatoms. The largest absolute Gasteiger partial charge is 0.370 e. The summed E-state index contributed by atoms with van der Waals surface area (Å²) in [5.74, 6) is 0.882. The lowest BCUT2D eigenvalue weighted by atomic mass is 9.99. The molecule has 0 saturated carbocycles. The van der Waals surface area contributed by atoms with E-state index in [0.717, 1.165) is 41.0 Å². The molecule has 2 aromatic carbocycles. The summed E-state index contributed by atoms with van der Waals surface area (Å²) in [5, 5.41) is 9.13. The van der Waals surface area contributed by atoms with Crippen LogP contribution in [-0.2, 0) is 10.0 Å². The predicted molar refractivity (Wildman–Crippen MR) is 148 cm³/mol. The number of hydrogen-bond acceptors (Lipinski definition) is 5. The van der Waals surface area contributed by atoms with Gasteiger partial charge in [0.2, 0.25) is 10.0 Å². The normalized spacial score (nSPS) is 16.9. The number of aromatic nitrogens is 3. The maximum Gasteiger partial charge on any atom is 0.243 e. The molecule has 1 aliphatic rings. The predicted octanol–water partition coefficient (Wildman–Crippen LogP) is 4.13. The number of benzene rings is 2. The fourth-order valence-corrected chi connectivity index (χ4v) is 6.63. The summed E-state index contributed by atoms with van der Waals surface area (Å²) < 4.78 is 29.8. The zero-order valence-electron chi connectivity index (χ0n) is 19.5. The molecule has 2 aromatic heterocycles. The first kappa shape index (κ1) is 25.4. The minimum absolute atomic E-state index is 0.111. The molecule has 1 N–H and O–H groups in total. The molecule has 36 heavy (non-hydrogen) atoms. The second-order valence-electron chi connectivity index (χ2n) is 8.90. The zero-order chi connectivity index (χ0) is 25.4. The summed E-state index contributed by atoms with van der Waals surface area (Å²) in [6, 6.07) is 13.9. The van der Waals surface area contributed by atoms with Crippen molar-refractivity contribution >= 4 is 69.6 Å². The molecule has 1 atom stereocenters. The highest BCUT2D eigenvalue weighted by Gasteiger charge is 2.30. The Labute approximate surface area is 225 Å². The van der Waals surface area contributed by atoms with E-state index in [1.54, 1.807) is 10.7 Å². The molecule has 0 bridgehead atoms. The highest BCUT2D eigenvalue weighted by Crippen LogP contribution is 2.30. The molecule has 7 nitrogen and oxygen atoms in total. The van der Waals surface area contributed by atoms with Gasteiger partial charge in [-0.25, -0.2) is 13.4 Å². The van der Waals surface area contributed by atoms with Crippen LogP contribution in [0.15, 0.2) is 59.6 Å². The Morgan fingerprint density at radius 2 is 1.86 bits per heavy atom. The fraction of sp³-hybridized carbons (Fsp3) is 0.250. The third-order valence-electron chi connectivity index (χ3n) is 6.38. The molecule has 5 rings (SSSR count).